The monoisotopic (exact) mass is 191 g/mol. The molecular weight excluding hydrogens is 176 g/mol. The largest absolute Gasteiger partial charge is 0.465 e. The van der Waals surface area contributed by atoms with Crippen LogP contribution in [0.2, 0.25) is 0 Å². The standard InChI is InChI=1S/C12H15O2/c1-9(2)7-10-5-4-6-11(8-10)12(13)14-3/h5-6,8-9H,7H2,1-3H3. The number of esters is 1. The zero-order chi connectivity index (χ0) is 10.6. The van der Waals surface area contributed by atoms with Crippen LogP contribution < -0.4 is 0 Å². The van der Waals surface area contributed by atoms with Crippen LogP contribution in [0.5, 0.6) is 0 Å². The number of ether oxygens (including phenoxy) is 1. The summed E-state index contributed by atoms with van der Waals surface area (Å²) in [4.78, 5) is 11.2. The van der Waals surface area contributed by atoms with E-state index in [-0.39, 0.29) is 5.97 Å². The molecule has 0 spiro atoms. The highest BCUT2D eigenvalue weighted by Crippen LogP contribution is 2.10. The Balaban J connectivity index is 2.84. The van der Waals surface area contributed by atoms with Gasteiger partial charge in [0.1, 0.15) is 0 Å². The molecule has 0 fully saturated rings. The molecule has 75 valence electrons. The number of hydrogen-bond donors (Lipinski definition) is 0. The minimum atomic E-state index is -0.299. The Morgan fingerprint density at radius 1 is 1.50 bits per heavy atom. The molecule has 0 aromatic heterocycles. The van der Waals surface area contributed by atoms with Crippen molar-refractivity contribution >= 4 is 5.97 Å². The van der Waals surface area contributed by atoms with Gasteiger partial charge in [-0.1, -0.05) is 19.9 Å². The lowest BCUT2D eigenvalue weighted by atomic mass is 10.0. The van der Waals surface area contributed by atoms with Crippen LogP contribution in [-0.4, -0.2) is 13.1 Å². The van der Waals surface area contributed by atoms with Crippen LogP contribution in [0.25, 0.3) is 0 Å². The number of rotatable bonds is 3. The van der Waals surface area contributed by atoms with Crippen LogP contribution in [0.15, 0.2) is 18.2 Å². The highest BCUT2D eigenvalue weighted by Gasteiger charge is 2.06. The van der Waals surface area contributed by atoms with E-state index in [1.807, 2.05) is 12.1 Å². The van der Waals surface area contributed by atoms with E-state index in [9.17, 15) is 4.79 Å². The van der Waals surface area contributed by atoms with Crippen LogP contribution in [-0.2, 0) is 11.2 Å². The van der Waals surface area contributed by atoms with Gasteiger partial charge >= 0.3 is 5.97 Å². The first-order valence-corrected chi connectivity index (χ1v) is 4.72. The van der Waals surface area contributed by atoms with E-state index >= 15 is 0 Å². The van der Waals surface area contributed by atoms with Gasteiger partial charge in [0.2, 0.25) is 0 Å². The van der Waals surface area contributed by atoms with E-state index in [1.54, 1.807) is 6.07 Å². The van der Waals surface area contributed by atoms with Gasteiger partial charge in [0, 0.05) is 0 Å². The fourth-order valence-electron chi connectivity index (χ4n) is 1.35. The van der Waals surface area contributed by atoms with Crippen molar-refractivity contribution in [3.63, 3.8) is 0 Å². The van der Waals surface area contributed by atoms with Crippen molar-refractivity contribution in [3.05, 3.63) is 35.4 Å². The molecule has 0 N–H and O–H groups in total. The average Bonchev–Trinajstić information content (AvgIpc) is 2.16. The number of carbonyl (C=O) groups excluding carboxylic acids is 1. The maximum Gasteiger partial charge on any atom is 0.337 e. The summed E-state index contributed by atoms with van der Waals surface area (Å²) in [5.74, 6) is 0.281. The van der Waals surface area contributed by atoms with Crippen LogP contribution in [0, 0.1) is 12.0 Å². The van der Waals surface area contributed by atoms with Crippen molar-refractivity contribution < 1.29 is 9.53 Å². The maximum atomic E-state index is 11.2. The second-order valence-corrected chi connectivity index (χ2v) is 3.72. The fourth-order valence-corrected chi connectivity index (χ4v) is 1.35. The van der Waals surface area contributed by atoms with Crippen LogP contribution in [0.4, 0.5) is 0 Å². The summed E-state index contributed by atoms with van der Waals surface area (Å²) in [6, 6.07) is 8.37. The Labute approximate surface area is 84.9 Å². The highest BCUT2D eigenvalue weighted by atomic mass is 16.5. The topological polar surface area (TPSA) is 26.3 Å². The molecule has 1 radical (unpaired) electrons. The Morgan fingerprint density at radius 3 is 2.79 bits per heavy atom. The van der Waals surface area contributed by atoms with E-state index in [0.717, 1.165) is 12.0 Å². The van der Waals surface area contributed by atoms with Gasteiger partial charge in [0.05, 0.1) is 12.7 Å². The Hall–Kier alpha value is -1.31. The minimum Gasteiger partial charge on any atom is -0.465 e. The lowest BCUT2D eigenvalue weighted by Crippen LogP contribution is -2.02. The van der Waals surface area contributed by atoms with Crippen LogP contribution >= 0.6 is 0 Å². The van der Waals surface area contributed by atoms with Gasteiger partial charge in [-0.25, -0.2) is 4.79 Å². The molecule has 0 aliphatic rings. The van der Waals surface area contributed by atoms with E-state index < -0.39 is 0 Å². The lowest BCUT2D eigenvalue weighted by Gasteiger charge is -2.05. The number of hydrogen-bond acceptors (Lipinski definition) is 2. The summed E-state index contributed by atoms with van der Waals surface area (Å²) >= 11 is 0. The molecule has 0 aliphatic carbocycles. The van der Waals surface area contributed by atoms with Gasteiger partial charge in [0.15, 0.2) is 0 Å². The predicted octanol–water partition coefficient (Wildman–Crippen LogP) is 2.47. The van der Waals surface area contributed by atoms with Crippen molar-refractivity contribution in [2.45, 2.75) is 20.3 Å². The molecule has 0 bridgehead atoms. The zero-order valence-electron chi connectivity index (χ0n) is 8.83. The van der Waals surface area contributed by atoms with Gasteiger partial charge in [-0.2, -0.15) is 0 Å². The van der Waals surface area contributed by atoms with Crippen molar-refractivity contribution in [1.82, 2.24) is 0 Å². The van der Waals surface area contributed by atoms with Crippen LogP contribution in [0.1, 0.15) is 29.8 Å². The van der Waals surface area contributed by atoms with E-state index in [0.29, 0.717) is 11.5 Å². The number of benzene rings is 1. The second-order valence-electron chi connectivity index (χ2n) is 3.72. The molecule has 2 nitrogen and oxygen atoms in total. The fraction of sp³-hybridized carbons (Fsp3) is 0.417. The molecule has 0 atom stereocenters. The van der Waals surface area contributed by atoms with Gasteiger partial charge < -0.3 is 4.74 Å². The quantitative estimate of drug-likeness (QED) is 0.686. The first kappa shape index (κ1) is 10.8. The molecule has 14 heavy (non-hydrogen) atoms. The van der Waals surface area contributed by atoms with Crippen molar-refractivity contribution in [2.24, 2.45) is 5.92 Å². The molecule has 0 saturated heterocycles. The van der Waals surface area contributed by atoms with Crippen molar-refractivity contribution in [1.29, 1.82) is 0 Å². The molecule has 1 aromatic rings. The molecule has 0 aliphatic heterocycles. The smallest absolute Gasteiger partial charge is 0.337 e. The zero-order valence-corrected chi connectivity index (χ0v) is 8.83. The SMILES string of the molecule is COC(=O)c1c[c]cc(CC(C)C)c1. The normalized spacial score (nSPS) is 10.3. The predicted molar refractivity (Wildman–Crippen MR) is 55.2 cm³/mol. The second kappa shape index (κ2) is 4.80. The molecule has 0 unspecified atom stereocenters. The summed E-state index contributed by atoms with van der Waals surface area (Å²) in [5.41, 5.74) is 1.70. The number of methoxy groups -OCH3 is 1. The van der Waals surface area contributed by atoms with Gasteiger partial charge in [-0.15, -0.1) is 0 Å². The van der Waals surface area contributed by atoms with Gasteiger partial charge in [0.25, 0.3) is 0 Å². The third kappa shape index (κ3) is 2.87. The molecule has 1 rings (SSSR count). The van der Waals surface area contributed by atoms with E-state index in [2.05, 4.69) is 24.7 Å². The highest BCUT2D eigenvalue weighted by molar-refractivity contribution is 5.89. The summed E-state index contributed by atoms with van der Waals surface area (Å²) in [6.07, 6.45) is 0.960. The third-order valence-electron chi connectivity index (χ3n) is 1.91. The summed E-state index contributed by atoms with van der Waals surface area (Å²) in [7, 11) is 1.39. The minimum absolute atomic E-state index is 0.299. The first-order valence-electron chi connectivity index (χ1n) is 4.72. The molecule has 2 heteroatoms. The molecule has 0 amide bonds. The summed E-state index contributed by atoms with van der Waals surface area (Å²) in [5, 5.41) is 0. The molecule has 1 aromatic carbocycles. The van der Waals surface area contributed by atoms with Gasteiger partial charge in [-0.05, 0) is 36.1 Å². The Bertz CT molecular complexity index is 316. The Morgan fingerprint density at radius 2 is 2.21 bits per heavy atom. The maximum absolute atomic E-state index is 11.2. The van der Waals surface area contributed by atoms with Gasteiger partial charge in [-0.3, -0.25) is 0 Å². The van der Waals surface area contributed by atoms with E-state index in [4.69, 9.17) is 0 Å². The van der Waals surface area contributed by atoms with Crippen molar-refractivity contribution in [2.75, 3.05) is 7.11 Å². The van der Waals surface area contributed by atoms with E-state index in [1.165, 1.54) is 7.11 Å². The Kier molecular flexibility index (Phi) is 3.69. The van der Waals surface area contributed by atoms with Crippen molar-refractivity contribution in [3.8, 4) is 0 Å². The summed E-state index contributed by atoms with van der Waals surface area (Å²) in [6.45, 7) is 4.29. The first-order chi connectivity index (χ1) is 6.63. The average molecular weight is 191 g/mol. The molecular formula is C12H15O2. The lowest BCUT2D eigenvalue weighted by molar-refractivity contribution is 0.0600. The summed E-state index contributed by atoms with van der Waals surface area (Å²) < 4.78 is 4.64. The third-order valence-corrected chi connectivity index (χ3v) is 1.91. The number of carbonyl (C=O) groups is 1. The molecule has 0 heterocycles. The van der Waals surface area contributed by atoms with Crippen LogP contribution in [0.3, 0.4) is 0 Å². The molecule has 0 saturated carbocycles.